The van der Waals surface area contributed by atoms with Gasteiger partial charge in [0.1, 0.15) is 5.82 Å². The highest BCUT2D eigenvalue weighted by Crippen LogP contribution is 2.31. The van der Waals surface area contributed by atoms with Crippen molar-refractivity contribution in [2.75, 3.05) is 18.5 Å². The molecule has 0 bridgehead atoms. The van der Waals surface area contributed by atoms with Crippen LogP contribution in [0, 0.1) is 10.1 Å². The molecule has 0 radical (unpaired) electrons. The molecule has 3 rings (SSSR count). The van der Waals surface area contributed by atoms with Gasteiger partial charge in [0.25, 0.3) is 5.69 Å². The summed E-state index contributed by atoms with van der Waals surface area (Å²) in [7, 11) is 0. The number of hydrogen-bond acceptors (Lipinski definition) is 5. The standard InChI is InChI=1S/C16H15N3O3/c20-9-3-8-17-16-13-5-2-1-4-12(13)14-10-11(19(21)22)6-7-15(14)18-16/h1-2,4-7,10,20H,3,8-9H2,(H,17,18). The lowest BCUT2D eigenvalue weighted by Crippen LogP contribution is -2.05. The van der Waals surface area contributed by atoms with Crippen molar-refractivity contribution in [2.45, 2.75) is 6.42 Å². The number of aliphatic hydroxyl groups is 1. The number of rotatable bonds is 5. The maximum Gasteiger partial charge on any atom is 0.270 e. The van der Waals surface area contributed by atoms with Crippen molar-refractivity contribution in [1.82, 2.24) is 4.98 Å². The summed E-state index contributed by atoms with van der Waals surface area (Å²) >= 11 is 0. The van der Waals surface area contributed by atoms with Crippen molar-refractivity contribution in [3.63, 3.8) is 0 Å². The normalized spacial score (nSPS) is 11.0. The minimum Gasteiger partial charge on any atom is -0.396 e. The highest BCUT2D eigenvalue weighted by molar-refractivity contribution is 6.10. The molecule has 2 N–H and O–H groups in total. The summed E-state index contributed by atoms with van der Waals surface area (Å²) in [4.78, 5) is 15.1. The number of nitrogens with zero attached hydrogens (tertiary/aromatic N) is 2. The Balaban J connectivity index is 2.20. The minimum atomic E-state index is -0.401. The summed E-state index contributed by atoms with van der Waals surface area (Å²) in [6.45, 7) is 0.733. The fraction of sp³-hybridized carbons (Fsp3) is 0.188. The Morgan fingerprint density at radius 1 is 1.14 bits per heavy atom. The molecule has 22 heavy (non-hydrogen) atoms. The molecule has 0 aliphatic carbocycles. The molecular weight excluding hydrogens is 282 g/mol. The second-order valence-corrected chi connectivity index (χ2v) is 4.97. The zero-order valence-electron chi connectivity index (χ0n) is 11.8. The smallest absolute Gasteiger partial charge is 0.270 e. The van der Waals surface area contributed by atoms with Crippen LogP contribution in [0.3, 0.4) is 0 Å². The second-order valence-electron chi connectivity index (χ2n) is 4.97. The molecule has 0 saturated heterocycles. The zero-order valence-corrected chi connectivity index (χ0v) is 11.8. The van der Waals surface area contributed by atoms with Gasteiger partial charge in [-0.15, -0.1) is 0 Å². The number of benzene rings is 2. The number of nitrogens with one attached hydrogen (secondary N) is 1. The molecule has 1 aromatic heterocycles. The van der Waals surface area contributed by atoms with Crippen molar-refractivity contribution in [3.05, 3.63) is 52.6 Å². The van der Waals surface area contributed by atoms with Gasteiger partial charge in [0.05, 0.1) is 10.4 Å². The van der Waals surface area contributed by atoms with Crippen molar-refractivity contribution in [1.29, 1.82) is 0 Å². The molecule has 1 heterocycles. The van der Waals surface area contributed by atoms with Crippen LogP contribution in [0.15, 0.2) is 42.5 Å². The topological polar surface area (TPSA) is 88.3 Å². The van der Waals surface area contributed by atoms with Crippen LogP contribution in [0.4, 0.5) is 11.5 Å². The number of non-ortho nitro benzene ring substituents is 1. The van der Waals surface area contributed by atoms with E-state index in [0.717, 1.165) is 22.0 Å². The first kappa shape index (κ1) is 14.2. The van der Waals surface area contributed by atoms with Crippen molar-refractivity contribution >= 4 is 33.2 Å². The molecule has 0 spiro atoms. The van der Waals surface area contributed by atoms with Gasteiger partial charge in [0.15, 0.2) is 0 Å². The molecule has 0 aliphatic heterocycles. The third-order valence-electron chi connectivity index (χ3n) is 3.52. The van der Waals surface area contributed by atoms with E-state index in [2.05, 4.69) is 10.3 Å². The second kappa shape index (κ2) is 5.95. The lowest BCUT2D eigenvalue weighted by Gasteiger charge is -2.11. The summed E-state index contributed by atoms with van der Waals surface area (Å²) in [5.41, 5.74) is 0.760. The van der Waals surface area contributed by atoms with E-state index >= 15 is 0 Å². The number of fused-ring (bicyclic) bond motifs is 3. The van der Waals surface area contributed by atoms with Gasteiger partial charge in [0.2, 0.25) is 0 Å². The summed E-state index contributed by atoms with van der Waals surface area (Å²) in [5, 5.41) is 25.7. The van der Waals surface area contributed by atoms with E-state index in [1.165, 1.54) is 6.07 Å². The molecule has 6 nitrogen and oxygen atoms in total. The Kier molecular flexibility index (Phi) is 3.84. The lowest BCUT2D eigenvalue weighted by atomic mass is 10.1. The molecule has 0 fully saturated rings. The maximum absolute atomic E-state index is 11.0. The van der Waals surface area contributed by atoms with E-state index in [0.29, 0.717) is 18.5 Å². The summed E-state index contributed by atoms with van der Waals surface area (Å²) in [6.07, 6.45) is 0.633. The highest BCUT2D eigenvalue weighted by Gasteiger charge is 2.12. The first-order valence-corrected chi connectivity index (χ1v) is 7.02. The van der Waals surface area contributed by atoms with Crippen molar-refractivity contribution < 1.29 is 10.0 Å². The SMILES string of the molecule is O=[N+]([O-])c1ccc2nc(NCCCO)c3ccccc3c2c1. The molecular formula is C16H15N3O3. The van der Waals surface area contributed by atoms with E-state index in [1.54, 1.807) is 12.1 Å². The van der Waals surface area contributed by atoms with Crippen LogP contribution in [0.25, 0.3) is 21.7 Å². The molecule has 6 heteroatoms. The molecule has 0 atom stereocenters. The first-order valence-electron chi connectivity index (χ1n) is 7.02. The lowest BCUT2D eigenvalue weighted by molar-refractivity contribution is -0.384. The van der Waals surface area contributed by atoms with Gasteiger partial charge in [-0.25, -0.2) is 4.98 Å². The van der Waals surface area contributed by atoms with E-state index in [9.17, 15) is 10.1 Å². The van der Waals surface area contributed by atoms with Crippen LogP contribution in [0.2, 0.25) is 0 Å². The van der Waals surface area contributed by atoms with Gasteiger partial charge in [0, 0.05) is 36.1 Å². The summed E-state index contributed by atoms with van der Waals surface area (Å²) in [6, 6.07) is 12.4. The van der Waals surface area contributed by atoms with Gasteiger partial charge >= 0.3 is 0 Å². The Labute approximate surface area is 126 Å². The average molecular weight is 297 g/mol. The maximum atomic E-state index is 11.0. The number of pyridine rings is 1. The molecule has 0 unspecified atom stereocenters. The zero-order chi connectivity index (χ0) is 15.5. The van der Waals surface area contributed by atoms with Crippen LogP contribution in [0.1, 0.15) is 6.42 Å². The van der Waals surface area contributed by atoms with Gasteiger partial charge < -0.3 is 10.4 Å². The fourth-order valence-electron chi connectivity index (χ4n) is 2.48. The molecule has 3 aromatic rings. The number of aliphatic hydroxyl groups excluding tert-OH is 1. The third-order valence-corrected chi connectivity index (χ3v) is 3.52. The average Bonchev–Trinajstić information content (AvgIpc) is 2.54. The predicted molar refractivity (Wildman–Crippen MR) is 86.1 cm³/mol. The van der Waals surface area contributed by atoms with Crippen molar-refractivity contribution in [3.8, 4) is 0 Å². The molecule has 0 amide bonds. The van der Waals surface area contributed by atoms with Gasteiger partial charge in [-0.2, -0.15) is 0 Å². The molecule has 2 aromatic carbocycles. The highest BCUT2D eigenvalue weighted by atomic mass is 16.6. The summed E-state index contributed by atoms with van der Waals surface area (Å²) in [5.74, 6) is 0.727. The van der Waals surface area contributed by atoms with Gasteiger partial charge in [-0.3, -0.25) is 10.1 Å². The van der Waals surface area contributed by atoms with Gasteiger partial charge in [-0.1, -0.05) is 24.3 Å². The van der Waals surface area contributed by atoms with Crippen LogP contribution >= 0.6 is 0 Å². The number of nitro groups is 1. The Hall–Kier alpha value is -2.73. The van der Waals surface area contributed by atoms with Crippen molar-refractivity contribution in [2.24, 2.45) is 0 Å². The minimum absolute atomic E-state index is 0.0560. The Morgan fingerprint density at radius 3 is 2.64 bits per heavy atom. The van der Waals surface area contributed by atoms with Crippen LogP contribution in [-0.2, 0) is 0 Å². The largest absolute Gasteiger partial charge is 0.396 e. The Bertz CT molecular complexity index is 849. The number of nitro benzene ring substituents is 1. The molecule has 0 aliphatic rings. The number of aromatic nitrogens is 1. The Morgan fingerprint density at radius 2 is 1.91 bits per heavy atom. The fourth-order valence-corrected chi connectivity index (χ4v) is 2.48. The number of anilines is 1. The molecule has 112 valence electrons. The quantitative estimate of drug-likeness (QED) is 0.327. The first-order chi connectivity index (χ1) is 10.7. The van der Waals surface area contributed by atoms with Crippen LogP contribution in [0.5, 0.6) is 0 Å². The number of hydrogen-bond donors (Lipinski definition) is 2. The van der Waals surface area contributed by atoms with E-state index in [1.807, 2.05) is 24.3 Å². The predicted octanol–water partition coefficient (Wildman–Crippen LogP) is 3.09. The van der Waals surface area contributed by atoms with Gasteiger partial charge in [-0.05, 0) is 17.9 Å². The van der Waals surface area contributed by atoms with Crippen LogP contribution < -0.4 is 5.32 Å². The summed E-state index contributed by atoms with van der Waals surface area (Å²) < 4.78 is 0. The third kappa shape index (κ3) is 2.56. The molecule has 0 saturated carbocycles. The van der Waals surface area contributed by atoms with Crippen LogP contribution in [-0.4, -0.2) is 28.2 Å². The van der Waals surface area contributed by atoms with E-state index in [-0.39, 0.29) is 12.3 Å². The van der Waals surface area contributed by atoms with E-state index in [4.69, 9.17) is 5.11 Å². The van der Waals surface area contributed by atoms with E-state index < -0.39 is 4.92 Å². The monoisotopic (exact) mass is 297 g/mol.